The van der Waals surface area contributed by atoms with Crippen LogP contribution in [0.3, 0.4) is 0 Å². The maximum Gasteiger partial charge on any atom is 0.127 e. The number of benzene rings is 1. The zero-order chi connectivity index (χ0) is 12.3. The minimum Gasteiger partial charge on any atom is -0.508 e. The summed E-state index contributed by atoms with van der Waals surface area (Å²) in [7, 11) is 1.62. The molecule has 3 N–H and O–H groups in total. The first-order chi connectivity index (χ1) is 8.22. The molecule has 18 heavy (non-hydrogen) atoms. The Balaban J connectivity index is 0.00000162. The number of ether oxygens (including phenoxy) is 1. The third-order valence-electron chi connectivity index (χ3n) is 3.73. The van der Waals surface area contributed by atoms with Crippen LogP contribution in [-0.4, -0.2) is 12.2 Å². The van der Waals surface area contributed by atoms with Gasteiger partial charge in [0.1, 0.15) is 11.5 Å². The van der Waals surface area contributed by atoms with Crippen LogP contribution in [0.2, 0.25) is 0 Å². The van der Waals surface area contributed by atoms with Gasteiger partial charge in [-0.25, -0.2) is 0 Å². The zero-order valence-electron chi connectivity index (χ0n) is 10.8. The van der Waals surface area contributed by atoms with E-state index in [1.165, 1.54) is 32.1 Å². The molecule has 0 aliphatic heterocycles. The Bertz CT molecular complexity index is 378. The van der Waals surface area contributed by atoms with Crippen molar-refractivity contribution in [2.24, 2.45) is 11.7 Å². The van der Waals surface area contributed by atoms with Gasteiger partial charge >= 0.3 is 0 Å². The molecule has 0 radical (unpaired) electrons. The summed E-state index contributed by atoms with van der Waals surface area (Å²) in [5.41, 5.74) is 7.35. The molecule has 0 aromatic heterocycles. The topological polar surface area (TPSA) is 55.5 Å². The second-order valence-corrected chi connectivity index (χ2v) is 4.85. The van der Waals surface area contributed by atoms with E-state index in [1.54, 1.807) is 19.2 Å². The van der Waals surface area contributed by atoms with Crippen LogP contribution in [0.1, 0.15) is 43.7 Å². The lowest BCUT2D eigenvalue weighted by atomic mass is 9.81. The van der Waals surface area contributed by atoms with Crippen LogP contribution in [0.15, 0.2) is 18.2 Å². The molecule has 1 aromatic carbocycles. The predicted octanol–water partition coefficient (Wildman–Crippen LogP) is 3.40. The summed E-state index contributed by atoms with van der Waals surface area (Å²) < 4.78 is 5.30. The van der Waals surface area contributed by atoms with Crippen molar-refractivity contribution in [3.05, 3.63) is 23.8 Å². The van der Waals surface area contributed by atoms with E-state index < -0.39 is 0 Å². The van der Waals surface area contributed by atoms with Gasteiger partial charge in [-0.15, -0.1) is 12.4 Å². The third-order valence-corrected chi connectivity index (χ3v) is 3.73. The van der Waals surface area contributed by atoms with Crippen LogP contribution in [0.5, 0.6) is 11.5 Å². The lowest BCUT2D eigenvalue weighted by Gasteiger charge is -2.28. The molecule has 1 saturated carbocycles. The summed E-state index contributed by atoms with van der Waals surface area (Å²) in [6.45, 7) is 0. The molecule has 2 rings (SSSR count). The molecule has 1 aromatic rings. The normalized spacial score (nSPS) is 17.9. The van der Waals surface area contributed by atoms with E-state index >= 15 is 0 Å². The van der Waals surface area contributed by atoms with Crippen LogP contribution in [0.25, 0.3) is 0 Å². The summed E-state index contributed by atoms with van der Waals surface area (Å²) in [5, 5.41) is 9.44. The maximum absolute atomic E-state index is 9.44. The van der Waals surface area contributed by atoms with E-state index in [2.05, 4.69) is 0 Å². The Labute approximate surface area is 115 Å². The molecule has 102 valence electrons. The van der Waals surface area contributed by atoms with Crippen LogP contribution in [0, 0.1) is 5.92 Å². The van der Waals surface area contributed by atoms with Gasteiger partial charge in [-0.1, -0.05) is 25.3 Å². The second kappa shape index (κ2) is 6.86. The molecular weight excluding hydrogens is 250 g/mol. The van der Waals surface area contributed by atoms with Crippen molar-refractivity contribution in [2.45, 2.75) is 38.1 Å². The molecule has 3 nitrogen and oxygen atoms in total. The van der Waals surface area contributed by atoms with Crippen LogP contribution < -0.4 is 10.5 Å². The van der Waals surface area contributed by atoms with E-state index in [4.69, 9.17) is 10.5 Å². The molecule has 1 fully saturated rings. The Kier molecular flexibility index (Phi) is 5.76. The Morgan fingerprint density at radius 3 is 2.56 bits per heavy atom. The fourth-order valence-corrected chi connectivity index (χ4v) is 2.72. The smallest absolute Gasteiger partial charge is 0.127 e. The van der Waals surface area contributed by atoms with Crippen molar-refractivity contribution in [1.82, 2.24) is 0 Å². The lowest BCUT2D eigenvalue weighted by Crippen LogP contribution is -2.24. The first kappa shape index (κ1) is 15.1. The summed E-state index contributed by atoms with van der Waals surface area (Å²) in [5.74, 6) is 1.46. The number of aromatic hydroxyl groups is 1. The largest absolute Gasteiger partial charge is 0.508 e. The quantitative estimate of drug-likeness (QED) is 0.886. The van der Waals surface area contributed by atoms with Gasteiger partial charge in [0, 0.05) is 17.7 Å². The molecule has 0 spiro atoms. The van der Waals surface area contributed by atoms with Crippen molar-refractivity contribution < 1.29 is 9.84 Å². The average Bonchev–Trinajstić information content (AvgIpc) is 2.39. The van der Waals surface area contributed by atoms with E-state index in [-0.39, 0.29) is 24.2 Å². The van der Waals surface area contributed by atoms with Crippen molar-refractivity contribution in [2.75, 3.05) is 7.11 Å². The number of phenolic OH excluding ortho intramolecular Hbond substituents is 1. The highest BCUT2D eigenvalue weighted by Gasteiger charge is 2.24. The van der Waals surface area contributed by atoms with Gasteiger partial charge in [-0.3, -0.25) is 0 Å². The molecule has 1 aliphatic rings. The Hall–Kier alpha value is -0.930. The van der Waals surface area contributed by atoms with Crippen molar-refractivity contribution in [3.8, 4) is 11.5 Å². The first-order valence-corrected chi connectivity index (χ1v) is 6.35. The Morgan fingerprint density at radius 2 is 1.94 bits per heavy atom. The van der Waals surface area contributed by atoms with Gasteiger partial charge in [0.05, 0.1) is 7.11 Å². The van der Waals surface area contributed by atoms with Gasteiger partial charge in [0.15, 0.2) is 0 Å². The number of nitrogens with two attached hydrogens (primary N) is 1. The monoisotopic (exact) mass is 271 g/mol. The number of rotatable bonds is 3. The minimum atomic E-state index is 0. The van der Waals surface area contributed by atoms with Gasteiger partial charge in [-0.05, 0) is 24.8 Å². The number of phenols is 1. The molecule has 1 atom stereocenters. The summed E-state index contributed by atoms with van der Waals surface area (Å²) in [6.07, 6.45) is 6.28. The molecule has 0 unspecified atom stereocenters. The lowest BCUT2D eigenvalue weighted by molar-refractivity contribution is 0.300. The SMILES string of the molecule is COc1cc(O)ccc1[C@H](N)C1CCCCC1.Cl. The maximum atomic E-state index is 9.44. The molecule has 0 heterocycles. The number of hydrogen-bond acceptors (Lipinski definition) is 3. The highest BCUT2D eigenvalue weighted by atomic mass is 35.5. The van der Waals surface area contributed by atoms with Crippen LogP contribution >= 0.6 is 12.4 Å². The molecule has 4 heteroatoms. The van der Waals surface area contributed by atoms with E-state index in [0.717, 1.165) is 5.56 Å². The zero-order valence-corrected chi connectivity index (χ0v) is 11.6. The summed E-state index contributed by atoms with van der Waals surface area (Å²) >= 11 is 0. The number of methoxy groups -OCH3 is 1. The molecule has 0 saturated heterocycles. The van der Waals surface area contributed by atoms with E-state index in [0.29, 0.717) is 11.7 Å². The number of hydrogen-bond donors (Lipinski definition) is 2. The summed E-state index contributed by atoms with van der Waals surface area (Å²) in [6, 6.07) is 5.22. The molecule has 0 bridgehead atoms. The van der Waals surface area contributed by atoms with Crippen molar-refractivity contribution >= 4 is 12.4 Å². The molecular formula is C14H22ClNO2. The highest BCUT2D eigenvalue weighted by molar-refractivity contribution is 5.85. The second-order valence-electron chi connectivity index (χ2n) is 4.85. The molecule has 1 aliphatic carbocycles. The van der Waals surface area contributed by atoms with Crippen molar-refractivity contribution in [1.29, 1.82) is 0 Å². The fraction of sp³-hybridized carbons (Fsp3) is 0.571. The van der Waals surface area contributed by atoms with Gasteiger partial charge in [-0.2, -0.15) is 0 Å². The van der Waals surface area contributed by atoms with Crippen molar-refractivity contribution in [3.63, 3.8) is 0 Å². The third kappa shape index (κ3) is 3.30. The van der Waals surface area contributed by atoms with Gasteiger partial charge in [0.2, 0.25) is 0 Å². The number of halogens is 1. The first-order valence-electron chi connectivity index (χ1n) is 6.35. The average molecular weight is 272 g/mol. The van der Waals surface area contributed by atoms with Gasteiger partial charge < -0.3 is 15.6 Å². The van der Waals surface area contributed by atoms with Gasteiger partial charge in [0.25, 0.3) is 0 Å². The highest BCUT2D eigenvalue weighted by Crippen LogP contribution is 2.37. The summed E-state index contributed by atoms with van der Waals surface area (Å²) in [4.78, 5) is 0. The van der Waals surface area contributed by atoms with Crippen LogP contribution in [-0.2, 0) is 0 Å². The van der Waals surface area contributed by atoms with E-state index in [1.807, 2.05) is 6.07 Å². The van der Waals surface area contributed by atoms with Crippen LogP contribution in [0.4, 0.5) is 0 Å². The standard InChI is InChI=1S/C14H21NO2.ClH/c1-17-13-9-11(16)7-8-12(13)14(15)10-5-3-2-4-6-10;/h7-10,14,16H,2-6,15H2,1H3;1H/t14-;/m1./s1. The predicted molar refractivity (Wildman–Crippen MR) is 75.4 cm³/mol. The fourth-order valence-electron chi connectivity index (χ4n) is 2.72. The van der Waals surface area contributed by atoms with E-state index in [9.17, 15) is 5.11 Å². The minimum absolute atomic E-state index is 0. The Morgan fingerprint density at radius 1 is 1.28 bits per heavy atom. The molecule has 0 amide bonds.